The van der Waals surface area contributed by atoms with Crippen LogP contribution < -0.4 is 20.7 Å². The van der Waals surface area contributed by atoms with E-state index in [1.807, 2.05) is 0 Å². The van der Waals surface area contributed by atoms with Crippen LogP contribution in [0, 0.1) is 0 Å². The number of fused-ring (bicyclic) bond motifs is 1. The predicted octanol–water partition coefficient (Wildman–Crippen LogP) is 2.06. The van der Waals surface area contributed by atoms with Crippen molar-refractivity contribution in [2.75, 3.05) is 5.32 Å². The minimum atomic E-state index is -4.88. The fourth-order valence-electron chi connectivity index (χ4n) is 3.73. The van der Waals surface area contributed by atoms with Crippen LogP contribution >= 0.6 is 0 Å². The van der Waals surface area contributed by atoms with E-state index in [0.29, 0.717) is 16.7 Å². The second-order valence-electron chi connectivity index (χ2n) is 7.62. The molecule has 1 unspecified atom stereocenters. The van der Waals surface area contributed by atoms with Gasteiger partial charge in [0.1, 0.15) is 17.6 Å². The Hall–Kier alpha value is -4.16. The number of halogens is 3. The SMILES string of the molecule is O=C1CCC(N2Cc3ccc(CNC(=O)Nc4cc(OC(F)(F)F)ccn4)cc3C2=O)C(=O)N1. The van der Waals surface area contributed by atoms with Crippen LogP contribution in [0.1, 0.15) is 34.3 Å². The van der Waals surface area contributed by atoms with Gasteiger partial charge in [-0.15, -0.1) is 13.2 Å². The van der Waals surface area contributed by atoms with Crippen LogP contribution in [0.15, 0.2) is 36.5 Å². The van der Waals surface area contributed by atoms with Gasteiger partial charge in [0.25, 0.3) is 5.91 Å². The number of nitrogens with one attached hydrogen (secondary N) is 3. The number of urea groups is 1. The maximum absolute atomic E-state index is 12.8. The van der Waals surface area contributed by atoms with Crippen molar-refractivity contribution >= 4 is 29.6 Å². The molecule has 4 rings (SSSR count). The molecule has 2 aliphatic heterocycles. The molecule has 178 valence electrons. The van der Waals surface area contributed by atoms with Crippen LogP contribution in [-0.2, 0) is 22.7 Å². The lowest BCUT2D eigenvalue weighted by Gasteiger charge is -2.29. The number of alkyl halides is 3. The van der Waals surface area contributed by atoms with Gasteiger partial charge in [0, 0.05) is 37.3 Å². The van der Waals surface area contributed by atoms with Gasteiger partial charge in [-0.25, -0.2) is 9.78 Å². The zero-order chi connectivity index (χ0) is 24.5. The minimum Gasteiger partial charge on any atom is -0.406 e. The number of imide groups is 1. The third-order valence-corrected chi connectivity index (χ3v) is 5.25. The van der Waals surface area contributed by atoms with Gasteiger partial charge in [0.15, 0.2) is 0 Å². The lowest BCUT2D eigenvalue weighted by Crippen LogP contribution is -2.52. The number of anilines is 1. The van der Waals surface area contributed by atoms with Gasteiger partial charge < -0.3 is 15.0 Å². The summed E-state index contributed by atoms with van der Waals surface area (Å²) in [5.74, 6) is -1.90. The predicted molar refractivity (Wildman–Crippen MR) is 109 cm³/mol. The molecule has 0 aliphatic carbocycles. The van der Waals surface area contributed by atoms with Gasteiger partial charge in [-0.2, -0.15) is 0 Å². The van der Waals surface area contributed by atoms with Crippen molar-refractivity contribution in [2.45, 2.75) is 38.3 Å². The lowest BCUT2D eigenvalue weighted by atomic mass is 10.0. The molecule has 2 aliphatic rings. The Bertz CT molecular complexity index is 1170. The Morgan fingerprint density at radius 1 is 1.21 bits per heavy atom. The quantitative estimate of drug-likeness (QED) is 0.566. The Labute approximate surface area is 190 Å². The van der Waals surface area contributed by atoms with Crippen LogP contribution in [-0.4, -0.2) is 46.0 Å². The van der Waals surface area contributed by atoms with Crippen LogP contribution in [0.4, 0.5) is 23.8 Å². The maximum atomic E-state index is 12.8. The van der Waals surface area contributed by atoms with Crippen molar-refractivity contribution in [3.05, 3.63) is 53.2 Å². The van der Waals surface area contributed by atoms with Crippen molar-refractivity contribution in [1.82, 2.24) is 20.5 Å². The average Bonchev–Trinajstić information content (AvgIpc) is 3.07. The normalized spacial score (nSPS) is 17.8. The number of carbonyl (C=O) groups is 4. The summed E-state index contributed by atoms with van der Waals surface area (Å²) in [5, 5.41) is 7.07. The highest BCUT2D eigenvalue weighted by atomic mass is 19.4. The monoisotopic (exact) mass is 477 g/mol. The molecule has 0 saturated carbocycles. The number of hydrogen-bond acceptors (Lipinski definition) is 6. The van der Waals surface area contributed by atoms with E-state index in [-0.39, 0.29) is 43.6 Å². The number of hydrogen-bond donors (Lipinski definition) is 3. The average molecular weight is 477 g/mol. The molecule has 10 nitrogen and oxygen atoms in total. The molecule has 34 heavy (non-hydrogen) atoms. The first-order valence-corrected chi connectivity index (χ1v) is 10.1. The van der Waals surface area contributed by atoms with Crippen LogP contribution in [0.3, 0.4) is 0 Å². The molecular weight excluding hydrogens is 459 g/mol. The summed E-state index contributed by atoms with van der Waals surface area (Å²) in [6.45, 7) is 0.250. The number of benzene rings is 1. The first-order chi connectivity index (χ1) is 16.1. The van der Waals surface area contributed by atoms with Gasteiger partial charge in [-0.05, 0) is 29.7 Å². The van der Waals surface area contributed by atoms with Gasteiger partial charge in [-0.3, -0.25) is 25.0 Å². The molecule has 1 fully saturated rings. The Morgan fingerprint density at radius 3 is 2.74 bits per heavy atom. The molecule has 3 N–H and O–H groups in total. The fourth-order valence-corrected chi connectivity index (χ4v) is 3.73. The summed E-state index contributed by atoms with van der Waals surface area (Å²) < 4.78 is 40.8. The zero-order valence-corrected chi connectivity index (χ0v) is 17.4. The summed E-state index contributed by atoms with van der Waals surface area (Å²) in [6.07, 6.45) is -3.42. The number of piperidine rings is 1. The van der Waals surface area contributed by atoms with E-state index in [4.69, 9.17) is 0 Å². The van der Waals surface area contributed by atoms with E-state index in [1.54, 1.807) is 18.2 Å². The summed E-state index contributed by atoms with van der Waals surface area (Å²) in [5.41, 5.74) is 1.70. The number of pyridine rings is 1. The first-order valence-electron chi connectivity index (χ1n) is 10.1. The molecule has 0 radical (unpaired) electrons. The highest BCUT2D eigenvalue weighted by molar-refractivity contribution is 6.05. The largest absolute Gasteiger partial charge is 0.573 e. The molecule has 0 bridgehead atoms. The van der Waals surface area contributed by atoms with Gasteiger partial charge in [-0.1, -0.05) is 12.1 Å². The number of nitrogens with zero attached hydrogens (tertiary/aromatic N) is 2. The second-order valence-corrected chi connectivity index (χ2v) is 7.62. The number of rotatable bonds is 5. The van der Waals surface area contributed by atoms with E-state index < -0.39 is 30.1 Å². The van der Waals surface area contributed by atoms with E-state index in [2.05, 4.69) is 25.7 Å². The maximum Gasteiger partial charge on any atom is 0.573 e. The summed E-state index contributed by atoms with van der Waals surface area (Å²) in [4.78, 5) is 53.6. The summed E-state index contributed by atoms with van der Waals surface area (Å²) in [7, 11) is 0. The molecule has 3 heterocycles. The van der Waals surface area contributed by atoms with Crippen molar-refractivity contribution < 1.29 is 37.1 Å². The molecule has 0 spiro atoms. The fraction of sp³-hybridized carbons (Fsp3) is 0.286. The summed E-state index contributed by atoms with van der Waals surface area (Å²) in [6, 6.07) is 5.48. The highest BCUT2D eigenvalue weighted by Crippen LogP contribution is 2.28. The van der Waals surface area contributed by atoms with Crippen molar-refractivity contribution in [2.24, 2.45) is 0 Å². The van der Waals surface area contributed by atoms with Crippen molar-refractivity contribution in [1.29, 1.82) is 0 Å². The van der Waals surface area contributed by atoms with Crippen LogP contribution in [0.5, 0.6) is 5.75 Å². The zero-order valence-electron chi connectivity index (χ0n) is 17.4. The van der Waals surface area contributed by atoms with Gasteiger partial charge in [0.2, 0.25) is 11.8 Å². The number of aromatic nitrogens is 1. The third-order valence-electron chi connectivity index (χ3n) is 5.25. The van der Waals surface area contributed by atoms with Gasteiger partial charge >= 0.3 is 12.4 Å². The topological polar surface area (TPSA) is 130 Å². The lowest BCUT2D eigenvalue weighted by molar-refractivity contribution is -0.274. The van der Waals surface area contributed by atoms with Crippen molar-refractivity contribution in [3.8, 4) is 5.75 Å². The van der Waals surface area contributed by atoms with E-state index >= 15 is 0 Å². The van der Waals surface area contributed by atoms with E-state index in [1.165, 1.54) is 4.90 Å². The molecule has 1 aromatic heterocycles. The third kappa shape index (κ3) is 5.24. The Morgan fingerprint density at radius 2 is 2.00 bits per heavy atom. The Balaban J connectivity index is 1.35. The van der Waals surface area contributed by atoms with Crippen LogP contribution in [0.2, 0.25) is 0 Å². The Kier molecular flexibility index (Phi) is 6.09. The molecule has 13 heteroatoms. The number of carbonyl (C=O) groups excluding carboxylic acids is 4. The molecule has 5 amide bonds. The molecule has 1 aromatic carbocycles. The molecule has 1 atom stereocenters. The molecule has 2 aromatic rings. The standard InChI is InChI=1S/C21H18F3N5O5/c22-21(23,24)34-13-5-6-25-16(8-13)27-20(33)26-9-11-1-2-12-10-29(19(32)14(12)7-11)15-3-4-17(30)28-18(15)31/h1-2,5-8,15H,3-4,9-10H2,(H,28,30,31)(H2,25,26,27,33). The van der Waals surface area contributed by atoms with E-state index in [0.717, 1.165) is 18.3 Å². The molecular formula is C21H18F3N5O5. The minimum absolute atomic E-state index is 0.0174. The van der Waals surface area contributed by atoms with E-state index in [9.17, 15) is 32.3 Å². The van der Waals surface area contributed by atoms with Gasteiger partial charge in [0.05, 0.1) is 0 Å². The number of ether oxygens (including phenoxy) is 1. The highest BCUT2D eigenvalue weighted by Gasteiger charge is 2.39. The molecule has 1 saturated heterocycles. The first kappa shape index (κ1) is 23.0. The smallest absolute Gasteiger partial charge is 0.406 e. The summed E-state index contributed by atoms with van der Waals surface area (Å²) >= 11 is 0. The van der Waals surface area contributed by atoms with Crippen molar-refractivity contribution in [3.63, 3.8) is 0 Å². The van der Waals surface area contributed by atoms with Crippen LogP contribution in [0.25, 0.3) is 0 Å². The number of amides is 5. The second kappa shape index (κ2) is 9.00.